The molecule has 1 aromatic heterocycles. The summed E-state index contributed by atoms with van der Waals surface area (Å²) in [5.41, 5.74) is 1.30. The first-order valence-corrected chi connectivity index (χ1v) is 6.74. The van der Waals surface area contributed by atoms with E-state index in [1.165, 1.54) is 6.08 Å². The largest absolute Gasteiger partial charge is 0.477 e. The monoisotopic (exact) mass is 286 g/mol. The summed E-state index contributed by atoms with van der Waals surface area (Å²) in [6, 6.07) is 5.45. The molecular weight excluding hydrogens is 268 g/mol. The number of benzene rings is 1. The van der Waals surface area contributed by atoms with Gasteiger partial charge in [0.15, 0.2) is 0 Å². The van der Waals surface area contributed by atoms with Gasteiger partial charge in [0.25, 0.3) is 0 Å². The van der Waals surface area contributed by atoms with Gasteiger partial charge in [-0.05, 0) is 24.6 Å². The van der Waals surface area contributed by atoms with Crippen LogP contribution in [0.3, 0.4) is 0 Å². The second-order valence-electron chi connectivity index (χ2n) is 4.34. The van der Waals surface area contributed by atoms with Crippen molar-refractivity contribution < 1.29 is 9.53 Å². The van der Waals surface area contributed by atoms with Crippen LogP contribution in [0.2, 0.25) is 0 Å². The first kappa shape index (κ1) is 14.8. The van der Waals surface area contributed by atoms with Crippen LogP contribution in [0.4, 0.5) is 11.6 Å². The predicted octanol–water partition coefficient (Wildman–Crippen LogP) is 2.58. The van der Waals surface area contributed by atoms with E-state index in [-0.39, 0.29) is 5.91 Å². The Labute approximate surface area is 123 Å². The fourth-order valence-electron chi connectivity index (χ4n) is 1.85. The van der Waals surface area contributed by atoms with Crippen LogP contribution in [0.15, 0.2) is 30.9 Å². The van der Waals surface area contributed by atoms with Gasteiger partial charge in [0.1, 0.15) is 0 Å². The molecule has 0 aliphatic rings. The van der Waals surface area contributed by atoms with Gasteiger partial charge in [-0.25, -0.2) is 4.98 Å². The number of hydrogen-bond acceptors (Lipinski definition) is 5. The maximum absolute atomic E-state index is 11.6. The SMILES string of the molecule is C=CC(=O)Nc1cccc2nc(NC)nc(OCCC)c12. The number of nitrogens with zero attached hydrogens (tertiary/aromatic N) is 2. The van der Waals surface area contributed by atoms with Crippen molar-refractivity contribution in [1.29, 1.82) is 0 Å². The average molecular weight is 286 g/mol. The van der Waals surface area contributed by atoms with E-state index >= 15 is 0 Å². The second kappa shape index (κ2) is 6.69. The summed E-state index contributed by atoms with van der Waals surface area (Å²) in [6.45, 7) is 6.01. The molecule has 0 fully saturated rings. The highest BCUT2D eigenvalue weighted by Crippen LogP contribution is 2.31. The molecule has 0 atom stereocenters. The molecule has 1 aromatic carbocycles. The van der Waals surface area contributed by atoms with Crippen LogP contribution in [0.25, 0.3) is 10.9 Å². The number of carbonyl (C=O) groups excluding carboxylic acids is 1. The Kier molecular flexibility index (Phi) is 4.71. The number of amides is 1. The molecule has 1 heterocycles. The number of anilines is 2. The molecule has 0 bridgehead atoms. The van der Waals surface area contributed by atoms with Crippen LogP contribution in [0.5, 0.6) is 5.88 Å². The number of carbonyl (C=O) groups is 1. The van der Waals surface area contributed by atoms with Crippen molar-refractivity contribution in [3.63, 3.8) is 0 Å². The molecule has 21 heavy (non-hydrogen) atoms. The third kappa shape index (κ3) is 3.28. The summed E-state index contributed by atoms with van der Waals surface area (Å²) in [5, 5.41) is 6.33. The Morgan fingerprint density at radius 3 is 2.90 bits per heavy atom. The normalized spacial score (nSPS) is 10.2. The van der Waals surface area contributed by atoms with Gasteiger partial charge in [0.05, 0.1) is 23.2 Å². The lowest BCUT2D eigenvalue weighted by atomic mass is 10.2. The summed E-state index contributed by atoms with van der Waals surface area (Å²) >= 11 is 0. The van der Waals surface area contributed by atoms with E-state index in [1.54, 1.807) is 13.1 Å². The molecule has 0 aliphatic heterocycles. The number of hydrogen-bond donors (Lipinski definition) is 2. The fourth-order valence-corrected chi connectivity index (χ4v) is 1.85. The Morgan fingerprint density at radius 1 is 1.43 bits per heavy atom. The van der Waals surface area contributed by atoms with Gasteiger partial charge < -0.3 is 15.4 Å². The average Bonchev–Trinajstić information content (AvgIpc) is 2.52. The van der Waals surface area contributed by atoms with Crippen molar-refractivity contribution in [2.24, 2.45) is 0 Å². The lowest BCUT2D eigenvalue weighted by molar-refractivity contribution is -0.111. The maximum Gasteiger partial charge on any atom is 0.247 e. The van der Waals surface area contributed by atoms with Gasteiger partial charge in [-0.1, -0.05) is 19.6 Å². The van der Waals surface area contributed by atoms with Gasteiger partial charge in [0.2, 0.25) is 17.7 Å². The highest BCUT2D eigenvalue weighted by molar-refractivity contribution is 6.06. The zero-order valence-electron chi connectivity index (χ0n) is 12.1. The van der Waals surface area contributed by atoms with Crippen LogP contribution >= 0.6 is 0 Å². The van der Waals surface area contributed by atoms with E-state index in [9.17, 15) is 4.79 Å². The van der Waals surface area contributed by atoms with Crippen molar-refractivity contribution in [2.45, 2.75) is 13.3 Å². The van der Waals surface area contributed by atoms with Gasteiger partial charge in [0, 0.05) is 7.05 Å². The van der Waals surface area contributed by atoms with Crippen LogP contribution in [-0.2, 0) is 4.79 Å². The number of aromatic nitrogens is 2. The number of rotatable bonds is 6. The molecule has 0 unspecified atom stereocenters. The summed E-state index contributed by atoms with van der Waals surface area (Å²) in [4.78, 5) is 20.3. The molecule has 0 aliphatic carbocycles. The summed E-state index contributed by atoms with van der Waals surface area (Å²) in [5.74, 6) is 0.633. The minimum atomic E-state index is -0.290. The van der Waals surface area contributed by atoms with Crippen LogP contribution in [-0.4, -0.2) is 29.5 Å². The highest BCUT2D eigenvalue weighted by atomic mass is 16.5. The highest BCUT2D eigenvalue weighted by Gasteiger charge is 2.13. The summed E-state index contributed by atoms with van der Waals surface area (Å²) in [7, 11) is 1.74. The smallest absolute Gasteiger partial charge is 0.247 e. The molecule has 1 amide bonds. The Morgan fingerprint density at radius 2 is 2.24 bits per heavy atom. The molecule has 0 spiro atoms. The number of fused-ring (bicyclic) bond motifs is 1. The van der Waals surface area contributed by atoms with E-state index < -0.39 is 0 Å². The minimum Gasteiger partial charge on any atom is -0.477 e. The standard InChI is InChI=1S/C15H18N4O2/c1-4-9-21-14-13-10(17-12(20)5-2)7-6-8-11(13)18-15(16-3)19-14/h5-8H,2,4,9H2,1,3H3,(H,17,20)(H,16,18,19). The molecule has 2 N–H and O–H groups in total. The molecule has 0 saturated carbocycles. The Balaban J connectivity index is 2.58. The Bertz CT molecular complexity index is 670. The molecule has 2 aromatic rings. The topological polar surface area (TPSA) is 76.1 Å². The Hall–Kier alpha value is -2.63. The van der Waals surface area contributed by atoms with Crippen LogP contribution in [0.1, 0.15) is 13.3 Å². The number of ether oxygens (including phenoxy) is 1. The zero-order valence-corrected chi connectivity index (χ0v) is 12.1. The third-order valence-electron chi connectivity index (χ3n) is 2.80. The van der Waals surface area contributed by atoms with E-state index in [0.717, 1.165) is 6.42 Å². The first-order chi connectivity index (χ1) is 10.2. The molecule has 0 saturated heterocycles. The molecule has 6 heteroatoms. The predicted molar refractivity (Wildman–Crippen MR) is 83.7 cm³/mol. The van der Waals surface area contributed by atoms with Crippen molar-refractivity contribution in [1.82, 2.24) is 9.97 Å². The van der Waals surface area contributed by atoms with Gasteiger partial charge in [-0.2, -0.15) is 4.98 Å². The second-order valence-corrected chi connectivity index (χ2v) is 4.34. The van der Waals surface area contributed by atoms with E-state index in [1.807, 2.05) is 19.1 Å². The van der Waals surface area contributed by atoms with Gasteiger partial charge in [-0.15, -0.1) is 0 Å². The summed E-state index contributed by atoms with van der Waals surface area (Å²) < 4.78 is 5.70. The lowest BCUT2D eigenvalue weighted by Crippen LogP contribution is -2.09. The van der Waals surface area contributed by atoms with Crippen molar-refractivity contribution in [3.05, 3.63) is 30.9 Å². The molecule has 2 rings (SSSR count). The van der Waals surface area contributed by atoms with E-state index in [2.05, 4.69) is 27.2 Å². The molecule has 6 nitrogen and oxygen atoms in total. The lowest BCUT2D eigenvalue weighted by Gasteiger charge is -2.12. The van der Waals surface area contributed by atoms with Crippen molar-refractivity contribution in [2.75, 3.05) is 24.3 Å². The van der Waals surface area contributed by atoms with Crippen LogP contribution < -0.4 is 15.4 Å². The van der Waals surface area contributed by atoms with E-state index in [0.29, 0.717) is 35.0 Å². The quantitative estimate of drug-likeness (QED) is 0.798. The van der Waals surface area contributed by atoms with E-state index in [4.69, 9.17) is 4.74 Å². The maximum atomic E-state index is 11.6. The first-order valence-electron chi connectivity index (χ1n) is 6.74. The summed E-state index contributed by atoms with van der Waals surface area (Å²) in [6.07, 6.45) is 2.08. The van der Waals surface area contributed by atoms with Crippen LogP contribution in [0, 0.1) is 0 Å². The van der Waals surface area contributed by atoms with Crippen molar-refractivity contribution in [3.8, 4) is 5.88 Å². The van der Waals surface area contributed by atoms with Gasteiger partial charge >= 0.3 is 0 Å². The molecule has 110 valence electrons. The zero-order chi connectivity index (χ0) is 15.2. The third-order valence-corrected chi connectivity index (χ3v) is 2.80. The number of nitrogens with one attached hydrogen (secondary N) is 2. The minimum absolute atomic E-state index is 0.290. The molecular formula is C15H18N4O2. The fraction of sp³-hybridized carbons (Fsp3) is 0.267. The molecule has 0 radical (unpaired) electrons. The van der Waals surface area contributed by atoms with Crippen molar-refractivity contribution >= 4 is 28.4 Å². The van der Waals surface area contributed by atoms with Gasteiger partial charge in [-0.3, -0.25) is 4.79 Å².